The monoisotopic (exact) mass is 269 g/mol. The van der Waals surface area contributed by atoms with Gasteiger partial charge in [0.2, 0.25) is 0 Å². The van der Waals surface area contributed by atoms with Gasteiger partial charge >= 0.3 is 0 Å². The molecule has 0 aliphatic carbocycles. The van der Waals surface area contributed by atoms with Crippen LogP contribution in [0.1, 0.15) is 17.3 Å². The summed E-state index contributed by atoms with van der Waals surface area (Å²) in [7, 11) is 3.99. The molecule has 2 N–H and O–H groups in total. The Hall–Kier alpha value is -2.14. The molecule has 0 saturated carbocycles. The molecule has 20 heavy (non-hydrogen) atoms. The van der Waals surface area contributed by atoms with Crippen LogP contribution < -0.4 is 5.32 Å². The van der Waals surface area contributed by atoms with E-state index in [9.17, 15) is 0 Å². The van der Waals surface area contributed by atoms with Crippen LogP contribution in [0, 0.1) is 13.8 Å². The Bertz CT molecular complexity index is 766. The standard InChI is InChI=1S/C15H19N5/c1-9-15(20(4)14(17-9)8-16-3)11-5-6-12-13(7-11)19-10(2)18-12/h5-7,16H,8H2,1-4H3,(H,18,19). The molecule has 0 fully saturated rings. The van der Waals surface area contributed by atoms with E-state index < -0.39 is 0 Å². The molecule has 0 amide bonds. The van der Waals surface area contributed by atoms with Crippen LogP contribution in [0.3, 0.4) is 0 Å². The molecule has 0 bridgehead atoms. The minimum absolute atomic E-state index is 0.767. The molecular formula is C15H19N5. The van der Waals surface area contributed by atoms with Crippen molar-refractivity contribution >= 4 is 11.0 Å². The Morgan fingerprint density at radius 2 is 2.05 bits per heavy atom. The molecule has 5 heteroatoms. The number of aromatic nitrogens is 4. The lowest BCUT2D eigenvalue weighted by atomic mass is 10.1. The molecule has 2 aromatic heterocycles. The van der Waals surface area contributed by atoms with Crippen LogP contribution in [-0.4, -0.2) is 26.6 Å². The zero-order chi connectivity index (χ0) is 14.3. The second kappa shape index (κ2) is 4.76. The third-order valence-electron chi connectivity index (χ3n) is 3.57. The fourth-order valence-corrected chi connectivity index (χ4v) is 2.70. The lowest BCUT2D eigenvalue weighted by Crippen LogP contribution is -2.10. The minimum atomic E-state index is 0.767. The SMILES string of the molecule is CNCc1nc(C)c(-c2ccc3nc(C)[nH]c3c2)n1C. The fraction of sp³-hybridized carbons (Fsp3) is 0.333. The first-order valence-corrected chi connectivity index (χ1v) is 6.73. The number of benzene rings is 1. The molecule has 0 saturated heterocycles. The summed E-state index contributed by atoms with van der Waals surface area (Å²) in [6.07, 6.45) is 0. The van der Waals surface area contributed by atoms with E-state index in [2.05, 4.69) is 57.0 Å². The summed E-state index contributed by atoms with van der Waals surface area (Å²) in [5.74, 6) is 1.98. The van der Waals surface area contributed by atoms with Crippen molar-refractivity contribution in [3.05, 3.63) is 35.5 Å². The third-order valence-corrected chi connectivity index (χ3v) is 3.57. The maximum absolute atomic E-state index is 4.64. The summed E-state index contributed by atoms with van der Waals surface area (Å²) < 4.78 is 2.15. The van der Waals surface area contributed by atoms with Crippen molar-refractivity contribution in [3.63, 3.8) is 0 Å². The van der Waals surface area contributed by atoms with Crippen molar-refractivity contribution in [2.45, 2.75) is 20.4 Å². The summed E-state index contributed by atoms with van der Waals surface area (Å²) >= 11 is 0. The van der Waals surface area contributed by atoms with E-state index in [1.165, 1.54) is 0 Å². The lowest BCUT2D eigenvalue weighted by molar-refractivity contribution is 0.712. The summed E-state index contributed by atoms with van der Waals surface area (Å²) in [4.78, 5) is 12.4. The number of rotatable bonds is 3. The first kappa shape index (κ1) is 12.9. The van der Waals surface area contributed by atoms with Crippen LogP contribution in [0.15, 0.2) is 18.2 Å². The number of H-pyrrole nitrogens is 1. The van der Waals surface area contributed by atoms with Gasteiger partial charge in [-0.25, -0.2) is 9.97 Å². The number of aromatic amines is 1. The van der Waals surface area contributed by atoms with Crippen LogP contribution in [-0.2, 0) is 13.6 Å². The molecule has 3 rings (SSSR count). The summed E-state index contributed by atoms with van der Waals surface area (Å²) in [6.45, 7) is 4.79. The second-order valence-electron chi connectivity index (χ2n) is 5.11. The molecule has 3 aromatic rings. The fourth-order valence-electron chi connectivity index (χ4n) is 2.70. The predicted molar refractivity (Wildman–Crippen MR) is 80.5 cm³/mol. The molecule has 0 unspecified atom stereocenters. The maximum atomic E-state index is 4.64. The Kier molecular flexibility index (Phi) is 3.06. The van der Waals surface area contributed by atoms with E-state index in [1.54, 1.807) is 0 Å². The van der Waals surface area contributed by atoms with Crippen LogP contribution in [0.25, 0.3) is 22.3 Å². The van der Waals surface area contributed by atoms with Gasteiger partial charge < -0.3 is 14.9 Å². The normalized spacial score (nSPS) is 11.4. The number of hydrogen-bond donors (Lipinski definition) is 2. The molecule has 0 atom stereocenters. The average molecular weight is 269 g/mol. The van der Waals surface area contributed by atoms with E-state index in [0.29, 0.717) is 0 Å². The first-order chi connectivity index (χ1) is 9.60. The summed E-state index contributed by atoms with van der Waals surface area (Å²) in [6, 6.07) is 6.30. The van der Waals surface area contributed by atoms with Crippen molar-refractivity contribution in [1.82, 2.24) is 24.8 Å². The van der Waals surface area contributed by atoms with Gasteiger partial charge in [-0.2, -0.15) is 0 Å². The second-order valence-corrected chi connectivity index (χ2v) is 5.11. The van der Waals surface area contributed by atoms with Gasteiger partial charge in [0.15, 0.2) is 0 Å². The Morgan fingerprint density at radius 3 is 2.80 bits per heavy atom. The maximum Gasteiger partial charge on any atom is 0.123 e. The Morgan fingerprint density at radius 1 is 1.25 bits per heavy atom. The number of fused-ring (bicyclic) bond motifs is 1. The summed E-state index contributed by atoms with van der Waals surface area (Å²) in [5.41, 5.74) is 5.44. The molecule has 0 aliphatic heterocycles. The van der Waals surface area contributed by atoms with E-state index in [1.807, 2.05) is 14.0 Å². The molecule has 1 aromatic carbocycles. The van der Waals surface area contributed by atoms with Gasteiger partial charge in [-0.1, -0.05) is 6.07 Å². The van der Waals surface area contributed by atoms with Gasteiger partial charge in [0, 0.05) is 12.6 Å². The van der Waals surface area contributed by atoms with Crippen molar-refractivity contribution in [3.8, 4) is 11.3 Å². The molecule has 104 valence electrons. The van der Waals surface area contributed by atoms with Gasteiger partial charge in [-0.3, -0.25) is 0 Å². The molecule has 5 nitrogen and oxygen atoms in total. The zero-order valence-electron chi connectivity index (χ0n) is 12.3. The quantitative estimate of drug-likeness (QED) is 0.767. The van der Waals surface area contributed by atoms with Crippen LogP contribution in [0.4, 0.5) is 0 Å². The number of imidazole rings is 2. The molecular weight excluding hydrogens is 250 g/mol. The van der Waals surface area contributed by atoms with Crippen LogP contribution in [0.5, 0.6) is 0 Å². The third kappa shape index (κ3) is 2.00. The van der Waals surface area contributed by atoms with E-state index in [0.717, 1.165) is 46.2 Å². The number of nitrogens with one attached hydrogen (secondary N) is 2. The number of hydrogen-bond acceptors (Lipinski definition) is 3. The van der Waals surface area contributed by atoms with Gasteiger partial charge in [-0.15, -0.1) is 0 Å². The van der Waals surface area contributed by atoms with Crippen molar-refractivity contribution in [2.75, 3.05) is 7.05 Å². The largest absolute Gasteiger partial charge is 0.342 e. The van der Waals surface area contributed by atoms with Crippen molar-refractivity contribution in [1.29, 1.82) is 0 Å². The van der Waals surface area contributed by atoms with E-state index in [4.69, 9.17) is 0 Å². The van der Waals surface area contributed by atoms with E-state index >= 15 is 0 Å². The smallest absolute Gasteiger partial charge is 0.123 e. The highest BCUT2D eigenvalue weighted by atomic mass is 15.1. The highest BCUT2D eigenvalue weighted by Gasteiger charge is 2.13. The van der Waals surface area contributed by atoms with Gasteiger partial charge in [0.25, 0.3) is 0 Å². The van der Waals surface area contributed by atoms with Gasteiger partial charge in [0.1, 0.15) is 11.6 Å². The topological polar surface area (TPSA) is 58.5 Å². The first-order valence-electron chi connectivity index (χ1n) is 6.73. The number of nitrogens with zero attached hydrogens (tertiary/aromatic N) is 3. The van der Waals surface area contributed by atoms with E-state index in [-0.39, 0.29) is 0 Å². The van der Waals surface area contributed by atoms with Gasteiger partial charge in [-0.05, 0) is 33.0 Å². The minimum Gasteiger partial charge on any atom is -0.342 e. The lowest BCUT2D eigenvalue weighted by Gasteiger charge is -2.06. The molecule has 2 heterocycles. The Labute approximate surface area is 118 Å². The zero-order valence-corrected chi connectivity index (χ0v) is 12.3. The predicted octanol–water partition coefficient (Wildman–Crippen LogP) is 2.30. The highest BCUT2D eigenvalue weighted by Crippen LogP contribution is 2.26. The molecule has 0 radical (unpaired) electrons. The summed E-state index contributed by atoms with van der Waals surface area (Å²) in [5, 5.41) is 3.15. The average Bonchev–Trinajstić information content (AvgIpc) is 2.89. The number of aryl methyl sites for hydroxylation is 2. The Balaban J connectivity index is 2.14. The van der Waals surface area contributed by atoms with Crippen LogP contribution in [0.2, 0.25) is 0 Å². The molecule has 0 spiro atoms. The highest BCUT2D eigenvalue weighted by molar-refractivity contribution is 5.81. The van der Waals surface area contributed by atoms with Crippen LogP contribution >= 0.6 is 0 Å². The van der Waals surface area contributed by atoms with Gasteiger partial charge in [0.05, 0.1) is 29.0 Å². The van der Waals surface area contributed by atoms with Crippen molar-refractivity contribution in [2.24, 2.45) is 7.05 Å². The molecule has 0 aliphatic rings. The van der Waals surface area contributed by atoms with Crippen molar-refractivity contribution < 1.29 is 0 Å².